The summed E-state index contributed by atoms with van der Waals surface area (Å²) in [5, 5.41) is 2.99. The van der Waals surface area contributed by atoms with Gasteiger partial charge >= 0.3 is 0 Å². The molecule has 1 atom stereocenters. The van der Waals surface area contributed by atoms with Crippen LogP contribution in [0.2, 0.25) is 0 Å². The van der Waals surface area contributed by atoms with Gasteiger partial charge in [-0.3, -0.25) is 14.7 Å². The smallest absolute Gasteiger partial charge is 0.235 e. The number of nitrogens with zero attached hydrogens (tertiary/aromatic N) is 2. The fourth-order valence-corrected chi connectivity index (χ4v) is 2.24. The third-order valence-electron chi connectivity index (χ3n) is 3.27. The molecule has 0 saturated carbocycles. The molecule has 2 rings (SSSR count). The van der Waals surface area contributed by atoms with E-state index in [9.17, 15) is 4.79 Å². The molecule has 0 radical (unpaired) electrons. The van der Waals surface area contributed by atoms with E-state index in [2.05, 4.69) is 22.1 Å². The van der Waals surface area contributed by atoms with Crippen LogP contribution in [-0.2, 0) is 4.79 Å². The maximum atomic E-state index is 11.6. The molecule has 2 heterocycles. The first-order valence-corrected chi connectivity index (χ1v) is 6.66. The largest absolute Gasteiger partial charge is 0.334 e. The SMILES string of the molecule is CCCCCN1CC(=O)N[C@H]1c1ccc(C)cn1. The lowest BCUT2D eigenvalue weighted by Gasteiger charge is -2.22. The van der Waals surface area contributed by atoms with Crippen molar-refractivity contribution in [2.45, 2.75) is 39.3 Å². The number of aromatic nitrogens is 1. The number of amides is 1. The van der Waals surface area contributed by atoms with Crippen molar-refractivity contribution in [3.05, 3.63) is 29.6 Å². The van der Waals surface area contributed by atoms with E-state index in [1.165, 1.54) is 12.8 Å². The average Bonchev–Trinajstić information content (AvgIpc) is 2.72. The van der Waals surface area contributed by atoms with Gasteiger partial charge in [-0.15, -0.1) is 0 Å². The van der Waals surface area contributed by atoms with Crippen LogP contribution in [0.3, 0.4) is 0 Å². The molecule has 1 aromatic heterocycles. The Bertz CT molecular complexity index is 402. The number of aryl methyl sites for hydroxylation is 1. The van der Waals surface area contributed by atoms with Crippen LogP contribution in [0, 0.1) is 6.92 Å². The third-order valence-corrected chi connectivity index (χ3v) is 3.27. The molecule has 1 fully saturated rings. The summed E-state index contributed by atoms with van der Waals surface area (Å²) in [6.07, 6.45) is 5.34. The summed E-state index contributed by atoms with van der Waals surface area (Å²) in [6, 6.07) is 4.04. The maximum absolute atomic E-state index is 11.6. The predicted molar refractivity (Wildman–Crippen MR) is 71.0 cm³/mol. The summed E-state index contributed by atoms with van der Waals surface area (Å²) in [4.78, 5) is 18.1. The molecule has 1 aliphatic rings. The molecular weight excluding hydrogens is 226 g/mol. The Morgan fingerprint density at radius 2 is 2.28 bits per heavy atom. The van der Waals surface area contributed by atoms with Crippen LogP contribution in [-0.4, -0.2) is 28.9 Å². The number of carbonyl (C=O) groups is 1. The van der Waals surface area contributed by atoms with Crippen molar-refractivity contribution in [3.8, 4) is 0 Å². The quantitative estimate of drug-likeness (QED) is 0.810. The molecular formula is C14H21N3O. The Kier molecular flexibility index (Phi) is 4.31. The average molecular weight is 247 g/mol. The lowest BCUT2D eigenvalue weighted by molar-refractivity contribution is -0.118. The van der Waals surface area contributed by atoms with Gasteiger partial charge in [-0.05, 0) is 25.0 Å². The van der Waals surface area contributed by atoms with Crippen molar-refractivity contribution in [3.63, 3.8) is 0 Å². The summed E-state index contributed by atoms with van der Waals surface area (Å²) in [7, 11) is 0. The number of hydrogen-bond acceptors (Lipinski definition) is 3. The van der Waals surface area contributed by atoms with Gasteiger partial charge < -0.3 is 5.32 Å². The first-order chi connectivity index (χ1) is 8.70. The van der Waals surface area contributed by atoms with Crippen LogP contribution in [0.5, 0.6) is 0 Å². The van der Waals surface area contributed by atoms with E-state index in [1.54, 1.807) is 0 Å². The first kappa shape index (κ1) is 13.0. The van der Waals surface area contributed by atoms with Crippen molar-refractivity contribution in [2.75, 3.05) is 13.1 Å². The van der Waals surface area contributed by atoms with E-state index >= 15 is 0 Å². The molecule has 0 aromatic carbocycles. The maximum Gasteiger partial charge on any atom is 0.235 e. The lowest BCUT2D eigenvalue weighted by atomic mass is 10.2. The van der Waals surface area contributed by atoms with Gasteiger partial charge in [0.05, 0.1) is 12.2 Å². The number of pyridine rings is 1. The van der Waals surface area contributed by atoms with Crippen LogP contribution in [0.15, 0.2) is 18.3 Å². The van der Waals surface area contributed by atoms with Crippen molar-refractivity contribution < 1.29 is 4.79 Å². The normalized spacial score (nSPS) is 20.1. The van der Waals surface area contributed by atoms with E-state index in [1.807, 2.05) is 25.3 Å². The molecule has 1 amide bonds. The predicted octanol–water partition coefficient (Wildman–Crippen LogP) is 2.01. The zero-order valence-electron chi connectivity index (χ0n) is 11.1. The van der Waals surface area contributed by atoms with Crippen LogP contribution in [0.25, 0.3) is 0 Å². The Labute approximate surface area is 108 Å². The van der Waals surface area contributed by atoms with Gasteiger partial charge in [0.1, 0.15) is 6.17 Å². The molecule has 1 aliphatic heterocycles. The minimum Gasteiger partial charge on any atom is -0.334 e. The molecule has 0 bridgehead atoms. The highest BCUT2D eigenvalue weighted by atomic mass is 16.2. The Morgan fingerprint density at radius 1 is 1.44 bits per heavy atom. The fourth-order valence-electron chi connectivity index (χ4n) is 2.24. The van der Waals surface area contributed by atoms with E-state index < -0.39 is 0 Å². The lowest BCUT2D eigenvalue weighted by Crippen LogP contribution is -2.29. The molecule has 0 aliphatic carbocycles. The minimum absolute atomic E-state index is 0.0463. The highest BCUT2D eigenvalue weighted by Crippen LogP contribution is 2.21. The molecule has 18 heavy (non-hydrogen) atoms. The minimum atomic E-state index is -0.0463. The van der Waals surface area contributed by atoms with Crippen LogP contribution in [0.1, 0.15) is 43.6 Å². The van der Waals surface area contributed by atoms with Gasteiger partial charge in [-0.2, -0.15) is 0 Å². The standard InChI is InChI=1S/C14H21N3O/c1-3-4-5-8-17-10-13(18)16-14(17)12-7-6-11(2)9-15-12/h6-7,9,14H,3-5,8,10H2,1-2H3,(H,16,18)/t14-/m1/s1. The van der Waals surface area contributed by atoms with Gasteiger partial charge in [-0.25, -0.2) is 0 Å². The Hall–Kier alpha value is -1.42. The summed E-state index contributed by atoms with van der Waals surface area (Å²) in [5.41, 5.74) is 2.07. The van der Waals surface area contributed by atoms with Gasteiger partial charge in [-0.1, -0.05) is 25.8 Å². The highest BCUT2D eigenvalue weighted by molar-refractivity contribution is 5.80. The second-order valence-corrected chi connectivity index (χ2v) is 4.91. The molecule has 4 heteroatoms. The zero-order chi connectivity index (χ0) is 13.0. The molecule has 0 spiro atoms. The highest BCUT2D eigenvalue weighted by Gasteiger charge is 2.30. The van der Waals surface area contributed by atoms with E-state index in [-0.39, 0.29) is 12.1 Å². The van der Waals surface area contributed by atoms with Gasteiger partial charge in [0.25, 0.3) is 0 Å². The third kappa shape index (κ3) is 3.07. The van der Waals surface area contributed by atoms with Crippen molar-refractivity contribution in [2.24, 2.45) is 0 Å². The summed E-state index contributed by atoms with van der Waals surface area (Å²) >= 11 is 0. The van der Waals surface area contributed by atoms with Gasteiger partial charge in [0, 0.05) is 12.7 Å². The Balaban J connectivity index is 2.04. The van der Waals surface area contributed by atoms with Crippen LogP contribution < -0.4 is 5.32 Å². The number of unbranched alkanes of at least 4 members (excludes halogenated alkanes) is 2. The van der Waals surface area contributed by atoms with Crippen molar-refractivity contribution in [1.82, 2.24) is 15.2 Å². The molecule has 4 nitrogen and oxygen atoms in total. The number of nitrogens with one attached hydrogen (secondary N) is 1. The summed E-state index contributed by atoms with van der Waals surface area (Å²) in [6.45, 7) is 5.65. The number of rotatable bonds is 5. The van der Waals surface area contributed by atoms with Crippen LogP contribution >= 0.6 is 0 Å². The van der Waals surface area contributed by atoms with Crippen LogP contribution in [0.4, 0.5) is 0 Å². The Morgan fingerprint density at radius 3 is 2.94 bits per heavy atom. The number of hydrogen-bond donors (Lipinski definition) is 1. The van der Waals surface area contributed by atoms with E-state index in [0.29, 0.717) is 6.54 Å². The molecule has 98 valence electrons. The fraction of sp³-hybridized carbons (Fsp3) is 0.571. The monoisotopic (exact) mass is 247 g/mol. The van der Waals surface area contributed by atoms with Gasteiger partial charge in [0.15, 0.2) is 0 Å². The van der Waals surface area contributed by atoms with E-state index in [4.69, 9.17) is 0 Å². The molecule has 0 unspecified atom stereocenters. The molecule has 1 N–H and O–H groups in total. The van der Waals surface area contributed by atoms with Gasteiger partial charge in [0.2, 0.25) is 5.91 Å². The second-order valence-electron chi connectivity index (χ2n) is 4.91. The second kappa shape index (κ2) is 5.96. The van der Waals surface area contributed by atoms with Crippen molar-refractivity contribution >= 4 is 5.91 Å². The zero-order valence-corrected chi connectivity index (χ0v) is 11.1. The number of carbonyl (C=O) groups excluding carboxylic acids is 1. The topological polar surface area (TPSA) is 45.2 Å². The molecule has 1 saturated heterocycles. The van der Waals surface area contributed by atoms with Crippen molar-refractivity contribution in [1.29, 1.82) is 0 Å². The molecule has 1 aromatic rings. The summed E-state index contributed by atoms with van der Waals surface area (Å²) < 4.78 is 0. The van der Waals surface area contributed by atoms with E-state index in [0.717, 1.165) is 24.2 Å². The summed E-state index contributed by atoms with van der Waals surface area (Å²) in [5.74, 6) is 0.0962. The first-order valence-electron chi connectivity index (χ1n) is 6.66.